The van der Waals surface area contributed by atoms with Gasteiger partial charge in [0.1, 0.15) is 18.1 Å². The molecule has 0 spiro atoms. The Hall–Kier alpha value is -3.57. The number of ether oxygens (including phenoxy) is 1. The van der Waals surface area contributed by atoms with Gasteiger partial charge in [-0.15, -0.1) is 0 Å². The highest BCUT2D eigenvalue weighted by Crippen LogP contribution is 2.31. The maximum absolute atomic E-state index is 15.1. The van der Waals surface area contributed by atoms with Crippen LogP contribution in [0.25, 0.3) is 28.0 Å². The number of amidine groups is 1. The topological polar surface area (TPSA) is 134 Å². The van der Waals surface area contributed by atoms with E-state index in [2.05, 4.69) is 27.5 Å². The number of nitrogens with two attached hydrogens (primary N) is 1. The molecule has 0 fully saturated rings. The highest BCUT2D eigenvalue weighted by Gasteiger charge is 2.16. The first-order chi connectivity index (χ1) is 20.1. The molecule has 9 nitrogen and oxygen atoms in total. The molecule has 11 heteroatoms. The minimum atomic E-state index is -0.519. The molecule has 224 valence electrons. The number of rotatable bonds is 14. The predicted molar refractivity (Wildman–Crippen MR) is 167 cm³/mol. The normalized spacial score (nSPS) is 12.9. The first-order valence-corrected chi connectivity index (χ1v) is 14.5. The van der Waals surface area contributed by atoms with E-state index < -0.39 is 11.5 Å². The second-order valence-electron chi connectivity index (χ2n) is 10.8. The second-order valence-corrected chi connectivity index (χ2v) is 11.2. The Balaban J connectivity index is 1.45. The fourth-order valence-electron chi connectivity index (χ4n) is 4.74. The zero-order chi connectivity index (χ0) is 30.2. The van der Waals surface area contributed by atoms with Crippen molar-refractivity contribution in [2.75, 3.05) is 20.3 Å². The Morgan fingerprint density at radius 3 is 2.67 bits per heavy atom. The van der Waals surface area contributed by atoms with Crippen LogP contribution in [-0.2, 0) is 17.7 Å². The molecule has 4 rings (SSSR count). The van der Waals surface area contributed by atoms with Crippen molar-refractivity contribution in [2.45, 2.75) is 58.2 Å². The highest BCUT2D eigenvalue weighted by atomic mass is 35.5. The van der Waals surface area contributed by atoms with Gasteiger partial charge in [0.15, 0.2) is 5.82 Å². The van der Waals surface area contributed by atoms with Gasteiger partial charge in [-0.2, -0.15) is 4.98 Å². The minimum Gasteiger partial charge on any atom is -0.377 e. The Kier molecular flexibility index (Phi) is 10.9. The molecule has 42 heavy (non-hydrogen) atoms. The quantitative estimate of drug-likeness (QED) is 0.104. The number of hydrogen-bond acceptors (Lipinski definition) is 6. The summed E-state index contributed by atoms with van der Waals surface area (Å²) in [4.78, 5) is 20.2. The van der Waals surface area contributed by atoms with Gasteiger partial charge < -0.3 is 26.1 Å². The van der Waals surface area contributed by atoms with E-state index in [4.69, 9.17) is 27.5 Å². The van der Waals surface area contributed by atoms with Gasteiger partial charge in [0, 0.05) is 49.4 Å². The third-order valence-corrected chi connectivity index (χ3v) is 7.36. The number of aromatic nitrogens is 3. The van der Waals surface area contributed by atoms with Crippen molar-refractivity contribution in [3.8, 4) is 16.9 Å². The van der Waals surface area contributed by atoms with Crippen molar-refractivity contribution in [1.82, 2.24) is 25.2 Å². The molecule has 0 saturated carbocycles. The lowest BCUT2D eigenvalue weighted by Crippen LogP contribution is -2.33. The first-order valence-electron chi connectivity index (χ1n) is 14.1. The molecule has 0 bridgehead atoms. The van der Waals surface area contributed by atoms with Crippen LogP contribution in [0.3, 0.4) is 0 Å². The number of aryl methyl sites for hydroxylation is 1. The van der Waals surface area contributed by atoms with Crippen molar-refractivity contribution in [1.29, 1.82) is 5.41 Å². The predicted octanol–water partition coefficient (Wildman–Crippen LogP) is 4.92. The maximum Gasteiger partial charge on any atom is 0.354 e. The summed E-state index contributed by atoms with van der Waals surface area (Å²) in [7, 11) is 1.57. The van der Waals surface area contributed by atoms with Gasteiger partial charge in [-0.3, -0.25) is 9.98 Å². The number of benzene rings is 2. The lowest BCUT2D eigenvalue weighted by molar-refractivity contribution is 0.241. The molecule has 0 amide bonds. The van der Waals surface area contributed by atoms with Gasteiger partial charge in [0.25, 0.3) is 0 Å². The summed E-state index contributed by atoms with van der Waals surface area (Å²) in [5.74, 6) is -0.150. The molecular weight excluding hydrogens is 557 g/mol. The van der Waals surface area contributed by atoms with Crippen LogP contribution in [0.5, 0.6) is 0 Å². The number of methoxy groups -OCH3 is 1. The zero-order valence-corrected chi connectivity index (χ0v) is 25.0. The van der Waals surface area contributed by atoms with E-state index in [0.29, 0.717) is 46.9 Å². The number of aromatic amines is 1. The highest BCUT2D eigenvalue weighted by molar-refractivity contribution is 6.31. The fraction of sp³-hybridized carbons (Fsp3) is 0.387. The summed E-state index contributed by atoms with van der Waals surface area (Å²) in [5.41, 5.74) is 9.32. The molecule has 0 aliphatic rings. The molecular formula is C31H39ClFN7O2. The van der Waals surface area contributed by atoms with Crippen molar-refractivity contribution in [3.05, 3.63) is 81.1 Å². The van der Waals surface area contributed by atoms with Crippen LogP contribution in [0, 0.1) is 11.2 Å². The average Bonchev–Trinajstić information content (AvgIpc) is 3.36. The number of nitrogens with one attached hydrogen (secondary N) is 4. The summed E-state index contributed by atoms with van der Waals surface area (Å²) in [6.07, 6.45) is 5.04. The van der Waals surface area contributed by atoms with Crippen LogP contribution < -0.4 is 22.1 Å². The molecule has 0 aliphatic heterocycles. The van der Waals surface area contributed by atoms with Crippen LogP contribution in [0.4, 0.5) is 4.39 Å². The molecule has 4 aromatic rings. The summed E-state index contributed by atoms with van der Waals surface area (Å²) >= 11 is 6.23. The van der Waals surface area contributed by atoms with E-state index >= 15 is 4.39 Å². The first kappa shape index (κ1) is 31.4. The van der Waals surface area contributed by atoms with Crippen LogP contribution in [0.2, 0.25) is 5.02 Å². The maximum atomic E-state index is 15.1. The molecule has 1 unspecified atom stereocenters. The number of fused-ring (bicyclic) bond motifs is 1. The summed E-state index contributed by atoms with van der Waals surface area (Å²) in [5, 5.41) is 14.9. The van der Waals surface area contributed by atoms with Crippen LogP contribution in [-0.4, -0.2) is 52.7 Å². The zero-order valence-electron chi connectivity index (χ0n) is 24.3. The van der Waals surface area contributed by atoms with Crippen molar-refractivity contribution in [3.63, 3.8) is 0 Å². The average molecular weight is 596 g/mol. The van der Waals surface area contributed by atoms with Crippen LogP contribution in [0.1, 0.15) is 44.2 Å². The third kappa shape index (κ3) is 8.25. The van der Waals surface area contributed by atoms with Gasteiger partial charge in [-0.1, -0.05) is 23.7 Å². The Bertz CT molecular complexity index is 1570. The minimum absolute atomic E-state index is 0.0534. The standard InChI is InChI=1S/C31H39ClFN7O2/c1-19(34)5-4-6-22-13-25(29(33)26(32)14-22)27-15-23-17-40(31(41)39-30(23)38-27)24-9-7-21(8-10-24)16-37-20(2)11-12-36-28(35)18-42-3/h7-10,13-15,17,19-20,37H,4-6,11-12,16,18,34H2,1-3H3,(H2,35,36)(H,38,39,41)/t19-,20?/m0/s1. The van der Waals surface area contributed by atoms with E-state index in [1.807, 2.05) is 31.2 Å². The summed E-state index contributed by atoms with van der Waals surface area (Å²) in [6.45, 7) is 5.70. The van der Waals surface area contributed by atoms with Gasteiger partial charge in [0.2, 0.25) is 0 Å². The number of H-pyrrole nitrogens is 1. The Morgan fingerprint density at radius 1 is 1.19 bits per heavy atom. The van der Waals surface area contributed by atoms with E-state index in [1.165, 1.54) is 4.57 Å². The number of nitrogens with zero attached hydrogens (tertiary/aromatic N) is 2. The van der Waals surface area contributed by atoms with E-state index in [0.717, 1.165) is 36.8 Å². The monoisotopic (exact) mass is 595 g/mol. The molecule has 2 aromatic heterocycles. The van der Waals surface area contributed by atoms with E-state index in [9.17, 15) is 4.79 Å². The number of hydrogen-bond donors (Lipinski definition) is 5. The lowest BCUT2D eigenvalue weighted by Gasteiger charge is -2.15. The SMILES string of the molecule is COCC(=N)NCCC(C)NCc1ccc(-n2cc3cc(-c4cc(CCC[C@H](C)N)cc(Cl)c4F)[nH]c3nc2=O)cc1. The van der Waals surface area contributed by atoms with Gasteiger partial charge >= 0.3 is 5.69 Å². The molecule has 0 aliphatic carbocycles. The van der Waals surface area contributed by atoms with Crippen LogP contribution in [0.15, 0.2) is 53.5 Å². The number of halogens is 2. The van der Waals surface area contributed by atoms with Crippen molar-refractivity contribution < 1.29 is 9.13 Å². The molecule has 6 N–H and O–H groups in total. The fourth-order valence-corrected chi connectivity index (χ4v) is 4.98. The molecule has 2 heterocycles. The van der Waals surface area contributed by atoms with Crippen molar-refractivity contribution in [2.24, 2.45) is 5.73 Å². The van der Waals surface area contributed by atoms with Crippen LogP contribution >= 0.6 is 11.6 Å². The second kappa shape index (κ2) is 14.6. The molecule has 0 radical (unpaired) electrons. The molecule has 2 aromatic carbocycles. The van der Waals surface area contributed by atoms with E-state index in [1.54, 1.807) is 31.5 Å². The molecule has 2 atom stereocenters. The van der Waals surface area contributed by atoms with Crippen molar-refractivity contribution >= 4 is 28.5 Å². The largest absolute Gasteiger partial charge is 0.377 e. The van der Waals surface area contributed by atoms with E-state index in [-0.39, 0.29) is 23.7 Å². The summed E-state index contributed by atoms with van der Waals surface area (Å²) in [6, 6.07) is 13.3. The third-order valence-electron chi connectivity index (χ3n) is 7.08. The Morgan fingerprint density at radius 2 is 1.95 bits per heavy atom. The summed E-state index contributed by atoms with van der Waals surface area (Å²) < 4.78 is 21.5. The van der Waals surface area contributed by atoms with Gasteiger partial charge in [-0.05, 0) is 81.0 Å². The smallest absolute Gasteiger partial charge is 0.354 e. The van der Waals surface area contributed by atoms with Gasteiger partial charge in [-0.25, -0.2) is 9.18 Å². The Labute approximate surface area is 250 Å². The lowest BCUT2D eigenvalue weighted by atomic mass is 10.0. The molecule has 0 saturated heterocycles. The van der Waals surface area contributed by atoms with Gasteiger partial charge in [0.05, 0.1) is 16.4 Å².